The van der Waals surface area contributed by atoms with E-state index in [0.717, 1.165) is 74.5 Å². The Bertz CT molecular complexity index is 3340. The van der Waals surface area contributed by atoms with Gasteiger partial charge in [-0.2, -0.15) is 0 Å². The number of nitrogens with two attached hydrogens (primary N) is 1. The third-order valence-electron chi connectivity index (χ3n) is 13.0. The molecule has 0 aliphatic rings. The summed E-state index contributed by atoms with van der Waals surface area (Å²) in [6.07, 6.45) is 0.814. The first-order chi connectivity index (χ1) is 32.5. The van der Waals surface area contributed by atoms with Gasteiger partial charge < -0.3 is 10.3 Å². The second-order valence-corrected chi connectivity index (χ2v) is 16.9. The third-order valence-corrected chi connectivity index (χ3v) is 13.0. The lowest BCUT2D eigenvalue weighted by atomic mass is 9.84. The van der Waals surface area contributed by atoms with Gasteiger partial charge in [0.25, 0.3) is 0 Å². The van der Waals surface area contributed by atoms with Crippen LogP contribution in [0.15, 0.2) is 230 Å². The lowest BCUT2D eigenvalue weighted by molar-refractivity contribution is 0.537. The van der Waals surface area contributed by atoms with Crippen molar-refractivity contribution < 1.29 is 0 Å². The minimum atomic E-state index is -0.246. The molecule has 10 aromatic rings. The highest BCUT2D eigenvalue weighted by Gasteiger charge is 2.25. The van der Waals surface area contributed by atoms with Gasteiger partial charge >= 0.3 is 0 Å². The number of aryl methyl sites for hydroxylation is 1. The van der Waals surface area contributed by atoms with E-state index in [4.69, 9.17) is 15.7 Å². The van der Waals surface area contributed by atoms with Crippen molar-refractivity contribution in [3.05, 3.63) is 242 Å². The SMILES string of the molecule is C=C(N=C(c1ccc(-c2cccc3c(-c4ccccc4-c4cccc(-c5nc6ccccc6n5CC)c4)cccc23)cc1)C(CC)C(N)c1ccccc1)c1ccc(-c2ccccc2)cc1. The number of nitrogens with zero attached hydrogens (tertiary/aromatic N) is 3. The normalized spacial score (nSPS) is 12.6. The van der Waals surface area contributed by atoms with Gasteiger partial charge in [0.15, 0.2) is 0 Å². The molecule has 9 aromatic carbocycles. The van der Waals surface area contributed by atoms with Gasteiger partial charge in [0, 0.05) is 24.1 Å². The molecule has 2 N–H and O–H groups in total. The third kappa shape index (κ3) is 8.20. The molecule has 0 saturated heterocycles. The van der Waals surface area contributed by atoms with Crippen LogP contribution in [0.5, 0.6) is 0 Å². The van der Waals surface area contributed by atoms with E-state index in [1.807, 2.05) is 12.1 Å². The molecule has 0 spiro atoms. The van der Waals surface area contributed by atoms with Crippen molar-refractivity contribution in [3.8, 4) is 55.9 Å². The zero-order chi connectivity index (χ0) is 45.0. The first kappa shape index (κ1) is 42.1. The number of aromatic nitrogens is 2. The number of benzene rings is 9. The van der Waals surface area contributed by atoms with Gasteiger partial charge in [-0.05, 0) is 104 Å². The van der Waals surface area contributed by atoms with Gasteiger partial charge in [0.2, 0.25) is 0 Å². The predicted molar refractivity (Wildman–Crippen MR) is 279 cm³/mol. The van der Waals surface area contributed by atoms with Crippen LogP contribution in [0.3, 0.4) is 0 Å². The first-order valence-electron chi connectivity index (χ1n) is 23.0. The van der Waals surface area contributed by atoms with Crippen LogP contribution in [0.25, 0.3) is 83.4 Å². The number of fused-ring (bicyclic) bond motifs is 2. The van der Waals surface area contributed by atoms with Crippen molar-refractivity contribution in [2.24, 2.45) is 16.6 Å². The fourth-order valence-corrected chi connectivity index (χ4v) is 9.61. The molecule has 1 heterocycles. The van der Waals surface area contributed by atoms with E-state index in [1.54, 1.807) is 0 Å². The van der Waals surface area contributed by atoms with Crippen LogP contribution in [-0.4, -0.2) is 15.3 Å². The van der Waals surface area contributed by atoms with Gasteiger partial charge in [-0.1, -0.05) is 214 Å². The number of hydrogen-bond acceptors (Lipinski definition) is 3. The number of aliphatic imine (C=N–C) groups is 1. The van der Waals surface area contributed by atoms with Gasteiger partial charge in [-0.25, -0.2) is 4.98 Å². The van der Waals surface area contributed by atoms with Crippen LogP contribution in [0.4, 0.5) is 0 Å². The Hall–Kier alpha value is -7.92. The highest BCUT2D eigenvalue weighted by Crippen LogP contribution is 2.40. The zero-order valence-corrected chi connectivity index (χ0v) is 37.5. The summed E-state index contributed by atoms with van der Waals surface area (Å²) < 4.78 is 2.30. The largest absolute Gasteiger partial charge is 0.324 e. The highest BCUT2D eigenvalue weighted by molar-refractivity contribution is 6.08. The maximum atomic E-state index is 7.13. The molecule has 4 heteroatoms. The molecule has 0 aliphatic heterocycles. The van der Waals surface area contributed by atoms with Gasteiger partial charge in [0.1, 0.15) is 5.82 Å². The van der Waals surface area contributed by atoms with E-state index in [1.165, 1.54) is 38.6 Å². The fraction of sp³-hybridized carbons (Fsp3) is 0.0968. The van der Waals surface area contributed by atoms with Gasteiger partial charge in [-0.3, -0.25) is 4.99 Å². The van der Waals surface area contributed by atoms with Gasteiger partial charge in [-0.15, -0.1) is 0 Å². The van der Waals surface area contributed by atoms with Crippen LogP contribution >= 0.6 is 0 Å². The van der Waals surface area contributed by atoms with E-state index in [9.17, 15) is 0 Å². The van der Waals surface area contributed by atoms with Crippen molar-refractivity contribution in [1.29, 1.82) is 0 Å². The van der Waals surface area contributed by atoms with Crippen LogP contribution in [0.1, 0.15) is 43.0 Å². The molecule has 1 aromatic heterocycles. The lowest BCUT2D eigenvalue weighted by Gasteiger charge is -2.26. The summed E-state index contributed by atoms with van der Waals surface area (Å²) >= 11 is 0. The van der Waals surface area contributed by atoms with E-state index < -0.39 is 0 Å². The highest BCUT2D eigenvalue weighted by atomic mass is 15.1. The molecule has 66 heavy (non-hydrogen) atoms. The topological polar surface area (TPSA) is 56.2 Å². The Morgan fingerprint density at radius 3 is 1.79 bits per heavy atom. The standard InChI is InChI=1S/C62H52N4/c1-4-51(60(63)47-21-10-7-11-22-47)61(64-42(3)43-33-35-45(36-34-43)44-19-8-6-9-20-44)48-39-37-46(38-40-48)52-27-17-29-57-55(52)28-18-30-56(57)54-26-13-12-25-53(54)49-23-16-24-50(41-49)62-65-58-31-14-15-32-59(58)66(62)5-2/h6-41,51,60H,3-5,63H2,1-2H3. The molecular weight excluding hydrogens is 801 g/mol. The Morgan fingerprint density at radius 1 is 0.515 bits per heavy atom. The van der Waals surface area contributed by atoms with Crippen LogP contribution in [0.2, 0.25) is 0 Å². The summed E-state index contributed by atoms with van der Waals surface area (Å²) in [5.41, 5.74) is 24.5. The average molecular weight is 853 g/mol. The predicted octanol–water partition coefficient (Wildman–Crippen LogP) is 15.7. The number of rotatable bonds is 13. The van der Waals surface area contributed by atoms with Gasteiger partial charge in [0.05, 0.1) is 22.4 Å². The minimum absolute atomic E-state index is 0.0486. The number of imidazole rings is 1. The zero-order valence-electron chi connectivity index (χ0n) is 37.5. The number of hydrogen-bond donors (Lipinski definition) is 1. The van der Waals surface area contributed by atoms with E-state index >= 15 is 0 Å². The second kappa shape index (κ2) is 18.7. The Balaban J connectivity index is 1.01. The second-order valence-electron chi connectivity index (χ2n) is 16.9. The van der Waals surface area contributed by atoms with Crippen molar-refractivity contribution in [2.75, 3.05) is 0 Å². The molecule has 10 rings (SSSR count). The minimum Gasteiger partial charge on any atom is -0.324 e. The van der Waals surface area contributed by atoms with Crippen LogP contribution in [0, 0.1) is 5.92 Å². The monoisotopic (exact) mass is 852 g/mol. The molecule has 0 radical (unpaired) electrons. The van der Waals surface area contributed by atoms with E-state index in [-0.39, 0.29) is 12.0 Å². The van der Waals surface area contributed by atoms with Crippen molar-refractivity contribution in [3.63, 3.8) is 0 Å². The molecule has 320 valence electrons. The molecule has 4 nitrogen and oxygen atoms in total. The Kier molecular flexibility index (Phi) is 11.9. The average Bonchev–Trinajstić information content (AvgIpc) is 3.78. The molecule has 0 bridgehead atoms. The smallest absolute Gasteiger partial charge is 0.141 e. The van der Waals surface area contributed by atoms with Crippen LogP contribution < -0.4 is 5.73 Å². The molecule has 0 amide bonds. The Morgan fingerprint density at radius 2 is 1.06 bits per heavy atom. The Labute approximate surface area is 388 Å². The van der Waals surface area contributed by atoms with E-state index in [0.29, 0.717) is 5.70 Å². The lowest BCUT2D eigenvalue weighted by Crippen LogP contribution is -2.29. The molecular formula is C62H52N4. The first-order valence-corrected chi connectivity index (χ1v) is 23.0. The fourth-order valence-electron chi connectivity index (χ4n) is 9.61. The summed E-state index contributed by atoms with van der Waals surface area (Å²) in [6.45, 7) is 9.72. The van der Waals surface area contributed by atoms with Crippen LogP contribution in [-0.2, 0) is 6.54 Å². The summed E-state index contributed by atoms with van der Waals surface area (Å²) in [4.78, 5) is 10.4. The maximum Gasteiger partial charge on any atom is 0.141 e. The summed E-state index contributed by atoms with van der Waals surface area (Å²) in [5, 5.41) is 2.40. The summed E-state index contributed by atoms with van der Waals surface area (Å²) in [5.74, 6) is 0.938. The number of para-hydroxylation sites is 2. The maximum absolute atomic E-state index is 7.13. The summed E-state index contributed by atoms with van der Waals surface area (Å²) in [6, 6.07) is 77.2. The van der Waals surface area contributed by atoms with Crippen molar-refractivity contribution in [1.82, 2.24) is 9.55 Å². The molecule has 0 saturated carbocycles. The van der Waals surface area contributed by atoms with E-state index in [2.05, 4.69) is 231 Å². The molecule has 2 atom stereocenters. The summed E-state index contributed by atoms with van der Waals surface area (Å²) in [7, 11) is 0. The quantitative estimate of drug-likeness (QED) is 0.117. The van der Waals surface area contributed by atoms with Crippen molar-refractivity contribution >= 4 is 33.2 Å². The molecule has 0 aliphatic carbocycles. The molecule has 0 fully saturated rings. The van der Waals surface area contributed by atoms with Crippen molar-refractivity contribution in [2.45, 2.75) is 32.9 Å². The molecule has 2 unspecified atom stereocenters.